The molecular weight excluding hydrogens is 510 g/mol. The van der Waals surface area contributed by atoms with E-state index in [1.807, 2.05) is 16.9 Å². The topological polar surface area (TPSA) is 107 Å². The van der Waals surface area contributed by atoms with Crippen molar-refractivity contribution in [2.24, 2.45) is 0 Å². The molecule has 0 spiro atoms. The minimum Gasteiger partial charge on any atom is -0.374 e. The number of anilines is 2. The molecule has 10 heteroatoms. The predicted molar refractivity (Wildman–Crippen MR) is 154 cm³/mol. The first-order valence-electron chi connectivity index (χ1n) is 13.3. The molecule has 5 rings (SSSR count). The molecule has 204 valence electrons. The van der Waals surface area contributed by atoms with Crippen molar-refractivity contribution in [3.05, 3.63) is 70.1 Å². The largest absolute Gasteiger partial charge is 0.374 e. The molecule has 1 aliphatic rings. The molecule has 4 heterocycles. The van der Waals surface area contributed by atoms with E-state index in [2.05, 4.69) is 71.6 Å². The van der Waals surface area contributed by atoms with Gasteiger partial charge in [-0.3, -0.25) is 9.48 Å². The monoisotopic (exact) mass is 545 g/mol. The molecule has 0 radical (unpaired) electrons. The van der Waals surface area contributed by atoms with Gasteiger partial charge in [0.15, 0.2) is 5.78 Å². The molecular formula is C29H35N7O2S. The number of ether oxygens (including phenoxy) is 1. The molecule has 1 atom stereocenters. The standard InChI is InChI=1S/C29H35N7O2S/c1-19-13-21(6-5-20(19)7-8-25(37)26-16-32-27(39-26)29(2,3)4)24-9-10-31-28(35-24)34-22-14-33-36(17-22)18-23-15-30-11-12-38-23/h5-6,9-10,13-14,16-17,23,30H,7-8,11-12,15,18H2,1-4H3,(H,31,34,35)/t23-/m1/s1. The normalized spacial score (nSPS) is 15.8. The maximum Gasteiger partial charge on any atom is 0.227 e. The number of ketones is 1. The highest BCUT2D eigenvalue weighted by Crippen LogP contribution is 2.28. The van der Waals surface area contributed by atoms with Crippen LogP contribution in [-0.4, -0.2) is 56.3 Å². The predicted octanol–water partition coefficient (Wildman–Crippen LogP) is 4.95. The van der Waals surface area contributed by atoms with Crippen LogP contribution in [0, 0.1) is 6.92 Å². The summed E-state index contributed by atoms with van der Waals surface area (Å²) in [5, 5.41) is 12.0. The van der Waals surface area contributed by atoms with Crippen molar-refractivity contribution in [3.63, 3.8) is 0 Å². The van der Waals surface area contributed by atoms with Crippen LogP contribution < -0.4 is 10.6 Å². The molecule has 0 bridgehead atoms. The summed E-state index contributed by atoms with van der Waals surface area (Å²) in [7, 11) is 0. The summed E-state index contributed by atoms with van der Waals surface area (Å²) in [6, 6.07) is 8.16. The van der Waals surface area contributed by atoms with Gasteiger partial charge in [0, 0.05) is 49.1 Å². The number of hydrogen-bond donors (Lipinski definition) is 2. The van der Waals surface area contributed by atoms with Gasteiger partial charge in [0.05, 0.1) is 46.7 Å². The fraction of sp³-hybridized carbons (Fsp3) is 0.414. The van der Waals surface area contributed by atoms with E-state index >= 15 is 0 Å². The van der Waals surface area contributed by atoms with Crippen LogP contribution in [0.5, 0.6) is 0 Å². The van der Waals surface area contributed by atoms with Crippen LogP contribution in [0.3, 0.4) is 0 Å². The van der Waals surface area contributed by atoms with Crippen LogP contribution in [0.2, 0.25) is 0 Å². The van der Waals surface area contributed by atoms with E-state index in [9.17, 15) is 4.79 Å². The van der Waals surface area contributed by atoms with Crippen LogP contribution in [0.1, 0.15) is 53.0 Å². The van der Waals surface area contributed by atoms with Gasteiger partial charge in [-0.2, -0.15) is 5.10 Å². The maximum absolute atomic E-state index is 12.8. The van der Waals surface area contributed by atoms with Crippen LogP contribution in [0.4, 0.5) is 11.6 Å². The molecule has 9 nitrogen and oxygen atoms in total. The minimum atomic E-state index is -0.0458. The van der Waals surface area contributed by atoms with Crippen LogP contribution >= 0.6 is 11.3 Å². The van der Waals surface area contributed by atoms with Gasteiger partial charge in [-0.15, -0.1) is 11.3 Å². The molecule has 0 unspecified atom stereocenters. The number of aromatic nitrogens is 5. The molecule has 0 aliphatic carbocycles. The van der Waals surface area contributed by atoms with Gasteiger partial charge in [-0.05, 0) is 36.6 Å². The Labute approximate surface area is 233 Å². The van der Waals surface area contributed by atoms with Gasteiger partial charge in [0.1, 0.15) is 0 Å². The van der Waals surface area contributed by atoms with Gasteiger partial charge in [-0.25, -0.2) is 15.0 Å². The smallest absolute Gasteiger partial charge is 0.227 e. The van der Waals surface area contributed by atoms with Crippen LogP contribution in [0.25, 0.3) is 11.3 Å². The second-order valence-corrected chi connectivity index (χ2v) is 11.9. The van der Waals surface area contributed by atoms with E-state index in [1.54, 1.807) is 18.6 Å². The number of carbonyl (C=O) groups excluding carboxylic acids is 1. The third-order valence-corrected chi connectivity index (χ3v) is 8.09. The lowest BCUT2D eigenvalue weighted by atomic mass is 9.98. The van der Waals surface area contributed by atoms with Crippen molar-refractivity contribution in [1.82, 2.24) is 30.0 Å². The Hall–Kier alpha value is -3.47. The first-order chi connectivity index (χ1) is 18.7. The highest BCUT2D eigenvalue weighted by atomic mass is 32.1. The lowest BCUT2D eigenvalue weighted by Gasteiger charge is -2.23. The summed E-state index contributed by atoms with van der Waals surface area (Å²) in [5.41, 5.74) is 4.89. The second kappa shape index (κ2) is 11.7. The van der Waals surface area contributed by atoms with Gasteiger partial charge >= 0.3 is 0 Å². The summed E-state index contributed by atoms with van der Waals surface area (Å²) in [6.07, 6.45) is 8.44. The molecule has 1 aromatic carbocycles. The first-order valence-corrected chi connectivity index (χ1v) is 14.1. The Bertz CT molecular complexity index is 1430. The van der Waals surface area contributed by atoms with Gasteiger partial charge in [0.25, 0.3) is 0 Å². The number of hydrogen-bond acceptors (Lipinski definition) is 9. The Balaban J connectivity index is 1.20. The Morgan fingerprint density at radius 2 is 2.10 bits per heavy atom. The fourth-order valence-corrected chi connectivity index (χ4v) is 5.38. The summed E-state index contributed by atoms with van der Waals surface area (Å²) in [6.45, 7) is 11.5. The number of rotatable bonds is 9. The Morgan fingerprint density at radius 1 is 1.23 bits per heavy atom. The van der Waals surface area contributed by atoms with E-state index in [0.717, 1.165) is 57.7 Å². The van der Waals surface area contributed by atoms with Gasteiger partial charge < -0.3 is 15.4 Å². The number of aryl methyl sites for hydroxylation is 2. The molecule has 0 amide bonds. The highest BCUT2D eigenvalue weighted by molar-refractivity contribution is 7.13. The number of thiazole rings is 1. The zero-order valence-electron chi connectivity index (χ0n) is 22.9. The molecule has 2 N–H and O–H groups in total. The fourth-order valence-electron chi connectivity index (χ4n) is 4.44. The summed E-state index contributed by atoms with van der Waals surface area (Å²) in [4.78, 5) is 27.1. The van der Waals surface area contributed by atoms with Gasteiger partial charge in [0.2, 0.25) is 5.95 Å². The Morgan fingerprint density at radius 3 is 2.85 bits per heavy atom. The molecule has 3 aromatic heterocycles. The summed E-state index contributed by atoms with van der Waals surface area (Å²) < 4.78 is 7.63. The molecule has 1 saturated heterocycles. The number of nitrogens with zero attached hydrogens (tertiary/aromatic N) is 5. The molecule has 1 aliphatic heterocycles. The van der Waals surface area contributed by atoms with Crippen molar-refractivity contribution in [1.29, 1.82) is 0 Å². The van der Waals surface area contributed by atoms with E-state index < -0.39 is 0 Å². The number of nitrogens with one attached hydrogen (secondary N) is 2. The average molecular weight is 546 g/mol. The summed E-state index contributed by atoms with van der Waals surface area (Å²) in [5.74, 6) is 0.651. The van der Waals surface area contributed by atoms with E-state index in [0.29, 0.717) is 25.3 Å². The second-order valence-electron chi connectivity index (χ2n) is 10.9. The van der Waals surface area contributed by atoms with Crippen molar-refractivity contribution in [3.8, 4) is 11.3 Å². The van der Waals surface area contributed by atoms with E-state index in [4.69, 9.17) is 9.72 Å². The van der Waals surface area contributed by atoms with Crippen LogP contribution in [-0.2, 0) is 23.1 Å². The van der Waals surface area contributed by atoms with E-state index in [-0.39, 0.29) is 17.3 Å². The highest BCUT2D eigenvalue weighted by Gasteiger charge is 2.20. The number of carbonyl (C=O) groups is 1. The number of benzene rings is 1. The quantitative estimate of drug-likeness (QED) is 0.285. The average Bonchev–Trinajstić information content (AvgIpc) is 3.59. The van der Waals surface area contributed by atoms with Crippen molar-refractivity contribution < 1.29 is 9.53 Å². The molecule has 1 fully saturated rings. The van der Waals surface area contributed by atoms with Crippen molar-refractivity contribution >= 4 is 28.8 Å². The maximum atomic E-state index is 12.8. The SMILES string of the molecule is Cc1cc(-c2ccnc(Nc3cnn(C[C@H]4CNCCO4)c3)n2)ccc1CCC(=O)c1cnc(C(C)(C)C)s1. The minimum absolute atomic E-state index is 0.0458. The van der Waals surface area contributed by atoms with Crippen molar-refractivity contribution in [2.75, 3.05) is 25.0 Å². The van der Waals surface area contributed by atoms with E-state index in [1.165, 1.54) is 11.3 Å². The number of morpholine rings is 1. The number of Topliss-reactive ketones (excluding diaryl/α,β-unsaturated/α-hetero) is 1. The summed E-state index contributed by atoms with van der Waals surface area (Å²) >= 11 is 1.50. The van der Waals surface area contributed by atoms with Crippen LogP contribution in [0.15, 0.2) is 49.1 Å². The third kappa shape index (κ3) is 6.95. The molecule has 0 saturated carbocycles. The first kappa shape index (κ1) is 27.1. The Kier molecular flexibility index (Phi) is 8.15. The lowest BCUT2D eigenvalue weighted by molar-refractivity contribution is 0.0161. The van der Waals surface area contributed by atoms with Crippen molar-refractivity contribution in [2.45, 2.75) is 58.6 Å². The zero-order chi connectivity index (χ0) is 27.4. The zero-order valence-corrected chi connectivity index (χ0v) is 23.7. The molecule has 39 heavy (non-hydrogen) atoms. The lowest BCUT2D eigenvalue weighted by Crippen LogP contribution is -2.40. The molecule has 4 aromatic rings. The third-order valence-electron chi connectivity index (χ3n) is 6.62. The van der Waals surface area contributed by atoms with Gasteiger partial charge in [-0.1, -0.05) is 32.9 Å².